The SMILES string of the molecule is COC(=O)/C(=C/c1nc[nH]c1C)NC(=O)c1c(C)cc(C(=O)N[C@H](C)c2cccc3c2CCCC3)cc1C. The monoisotopic (exact) mass is 514 g/mol. The van der Waals surface area contributed by atoms with E-state index in [1.54, 1.807) is 32.9 Å². The summed E-state index contributed by atoms with van der Waals surface area (Å²) >= 11 is 0. The summed E-state index contributed by atoms with van der Waals surface area (Å²) in [5.74, 6) is -1.36. The molecule has 0 bridgehead atoms. The minimum absolute atomic E-state index is 0.0339. The van der Waals surface area contributed by atoms with E-state index in [0.717, 1.165) is 24.1 Å². The van der Waals surface area contributed by atoms with Crippen molar-refractivity contribution in [3.63, 3.8) is 0 Å². The van der Waals surface area contributed by atoms with E-state index in [-0.39, 0.29) is 17.6 Å². The van der Waals surface area contributed by atoms with Gasteiger partial charge < -0.3 is 20.4 Å². The van der Waals surface area contributed by atoms with E-state index in [0.29, 0.717) is 27.9 Å². The van der Waals surface area contributed by atoms with Crippen LogP contribution in [0.25, 0.3) is 6.08 Å². The van der Waals surface area contributed by atoms with E-state index in [1.165, 1.54) is 43.5 Å². The lowest BCUT2D eigenvalue weighted by atomic mass is 9.86. The molecular formula is C30H34N4O4. The number of rotatable bonds is 7. The first kappa shape index (κ1) is 26.9. The summed E-state index contributed by atoms with van der Waals surface area (Å²) in [7, 11) is 1.25. The lowest BCUT2D eigenvalue weighted by molar-refractivity contribution is -0.136. The molecule has 8 nitrogen and oxygen atoms in total. The number of hydrogen-bond acceptors (Lipinski definition) is 5. The highest BCUT2D eigenvalue weighted by Crippen LogP contribution is 2.28. The van der Waals surface area contributed by atoms with Crippen LogP contribution in [-0.2, 0) is 22.4 Å². The Hall–Kier alpha value is -4.20. The summed E-state index contributed by atoms with van der Waals surface area (Å²) in [5, 5.41) is 5.79. The smallest absolute Gasteiger partial charge is 0.354 e. The van der Waals surface area contributed by atoms with Crippen molar-refractivity contribution in [1.82, 2.24) is 20.6 Å². The molecule has 1 heterocycles. The van der Waals surface area contributed by atoms with Crippen molar-refractivity contribution in [2.24, 2.45) is 0 Å². The van der Waals surface area contributed by atoms with Crippen molar-refractivity contribution in [2.45, 2.75) is 59.4 Å². The van der Waals surface area contributed by atoms with Gasteiger partial charge in [0.1, 0.15) is 5.70 Å². The number of carbonyl (C=O) groups excluding carboxylic acids is 3. The molecule has 1 aliphatic rings. The molecular weight excluding hydrogens is 480 g/mol. The molecule has 0 aliphatic heterocycles. The number of carbonyl (C=O) groups is 3. The number of esters is 1. The number of nitrogens with zero attached hydrogens (tertiary/aromatic N) is 1. The average molecular weight is 515 g/mol. The van der Waals surface area contributed by atoms with Crippen LogP contribution in [0.15, 0.2) is 42.4 Å². The summed E-state index contributed by atoms with van der Waals surface area (Å²) in [6, 6.07) is 9.59. The quantitative estimate of drug-likeness (QED) is 0.314. The molecule has 3 N–H and O–H groups in total. The van der Waals surface area contributed by atoms with Crippen LogP contribution in [0.3, 0.4) is 0 Å². The molecule has 1 aliphatic carbocycles. The molecule has 8 heteroatoms. The van der Waals surface area contributed by atoms with Gasteiger partial charge in [-0.3, -0.25) is 9.59 Å². The van der Waals surface area contributed by atoms with Crippen LogP contribution in [-0.4, -0.2) is 34.9 Å². The Balaban J connectivity index is 1.54. The minimum atomic E-state index is -0.691. The van der Waals surface area contributed by atoms with Crippen LogP contribution in [0.4, 0.5) is 0 Å². The molecule has 3 aromatic rings. The van der Waals surface area contributed by atoms with E-state index in [9.17, 15) is 14.4 Å². The summed E-state index contributed by atoms with van der Waals surface area (Å²) < 4.78 is 4.84. The van der Waals surface area contributed by atoms with Gasteiger partial charge in [-0.2, -0.15) is 0 Å². The van der Waals surface area contributed by atoms with E-state index in [2.05, 4.69) is 38.8 Å². The zero-order chi connectivity index (χ0) is 27.4. The molecule has 4 rings (SSSR count). The molecule has 198 valence electrons. The number of fused-ring (bicyclic) bond motifs is 1. The van der Waals surface area contributed by atoms with Crippen molar-refractivity contribution in [3.05, 3.63) is 92.7 Å². The predicted molar refractivity (Wildman–Crippen MR) is 146 cm³/mol. The molecule has 2 aromatic carbocycles. The highest BCUT2D eigenvalue weighted by atomic mass is 16.5. The fourth-order valence-electron chi connectivity index (χ4n) is 5.12. The summed E-state index contributed by atoms with van der Waals surface area (Å²) in [5.41, 5.74) is 7.22. The second kappa shape index (κ2) is 11.5. The maximum atomic E-state index is 13.2. The van der Waals surface area contributed by atoms with Gasteiger partial charge in [0, 0.05) is 16.8 Å². The molecule has 0 saturated carbocycles. The zero-order valence-corrected chi connectivity index (χ0v) is 22.5. The third-order valence-electron chi connectivity index (χ3n) is 7.07. The number of hydrogen-bond donors (Lipinski definition) is 3. The predicted octanol–water partition coefficient (Wildman–Crippen LogP) is 4.65. The number of ether oxygens (including phenoxy) is 1. The first-order valence-electron chi connectivity index (χ1n) is 12.8. The Kier molecular flexibility index (Phi) is 8.10. The molecule has 0 fully saturated rings. The highest BCUT2D eigenvalue weighted by molar-refractivity contribution is 6.05. The Bertz CT molecular complexity index is 1400. The first-order chi connectivity index (χ1) is 18.2. The number of aryl methyl sites for hydroxylation is 4. The van der Waals surface area contributed by atoms with Gasteiger partial charge in [0.05, 0.1) is 25.2 Å². The Morgan fingerprint density at radius 1 is 1.05 bits per heavy atom. The fourth-order valence-corrected chi connectivity index (χ4v) is 5.12. The van der Waals surface area contributed by atoms with E-state index >= 15 is 0 Å². The molecule has 1 atom stereocenters. The average Bonchev–Trinajstić information content (AvgIpc) is 3.30. The normalized spacial score (nSPS) is 13.9. The fraction of sp³-hybridized carbons (Fsp3) is 0.333. The maximum Gasteiger partial charge on any atom is 0.354 e. The summed E-state index contributed by atoms with van der Waals surface area (Å²) in [6.07, 6.45) is 7.46. The summed E-state index contributed by atoms with van der Waals surface area (Å²) in [6.45, 7) is 7.36. The second-order valence-corrected chi connectivity index (χ2v) is 9.79. The van der Waals surface area contributed by atoms with E-state index in [4.69, 9.17) is 4.74 Å². The second-order valence-electron chi connectivity index (χ2n) is 9.79. The van der Waals surface area contributed by atoms with Gasteiger partial charge in [-0.05, 0) is 99.4 Å². The third-order valence-corrected chi connectivity index (χ3v) is 7.07. The number of aromatic nitrogens is 2. The van der Waals surface area contributed by atoms with E-state index < -0.39 is 11.9 Å². The van der Waals surface area contributed by atoms with Gasteiger partial charge in [-0.15, -0.1) is 0 Å². The van der Waals surface area contributed by atoms with Crippen molar-refractivity contribution in [3.8, 4) is 0 Å². The van der Waals surface area contributed by atoms with Gasteiger partial charge in [0.2, 0.25) is 0 Å². The van der Waals surface area contributed by atoms with Crippen LogP contribution in [0.2, 0.25) is 0 Å². The number of nitrogens with one attached hydrogen (secondary N) is 3. The van der Waals surface area contributed by atoms with Crippen molar-refractivity contribution in [2.75, 3.05) is 7.11 Å². The molecule has 0 unspecified atom stereocenters. The van der Waals surface area contributed by atoms with Crippen LogP contribution in [0.1, 0.15) is 85.7 Å². The number of imidazole rings is 1. The lowest BCUT2D eigenvalue weighted by Gasteiger charge is -2.24. The zero-order valence-electron chi connectivity index (χ0n) is 22.5. The van der Waals surface area contributed by atoms with Crippen LogP contribution in [0, 0.1) is 20.8 Å². The van der Waals surface area contributed by atoms with E-state index in [1.807, 2.05) is 6.92 Å². The summed E-state index contributed by atoms with van der Waals surface area (Å²) in [4.78, 5) is 45.9. The molecule has 0 saturated heterocycles. The lowest BCUT2D eigenvalue weighted by Crippen LogP contribution is -2.30. The topological polar surface area (TPSA) is 113 Å². The maximum absolute atomic E-state index is 13.2. The minimum Gasteiger partial charge on any atom is -0.464 e. The van der Waals surface area contributed by atoms with Crippen LogP contribution in [0.5, 0.6) is 0 Å². The number of H-pyrrole nitrogens is 1. The van der Waals surface area contributed by atoms with Gasteiger partial charge in [-0.1, -0.05) is 18.2 Å². The van der Waals surface area contributed by atoms with Gasteiger partial charge in [0.15, 0.2) is 0 Å². The molecule has 0 radical (unpaired) electrons. The Labute approximate surface area is 222 Å². The Morgan fingerprint density at radius 3 is 2.42 bits per heavy atom. The van der Waals surface area contributed by atoms with Crippen molar-refractivity contribution in [1.29, 1.82) is 0 Å². The number of methoxy groups -OCH3 is 1. The number of aromatic amines is 1. The molecule has 38 heavy (non-hydrogen) atoms. The van der Waals surface area contributed by atoms with Gasteiger partial charge >= 0.3 is 5.97 Å². The van der Waals surface area contributed by atoms with Gasteiger partial charge in [-0.25, -0.2) is 9.78 Å². The largest absolute Gasteiger partial charge is 0.464 e. The van der Waals surface area contributed by atoms with Crippen molar-refractivity contribution >= 4 is 23.9 Å². The standard InChI is InChI=1S/C30H34N4O4/c1-17-13-22(28(35)33-19(3)23-12-8-10-21-9-6-7-11-24(21)23)14-18(2)27(17)29(36)34-26(30(37)38-5)15-25-20(4)31-16-32-25/h8,10,12-16,19H,6-7,9,11H2,1-5H3,(H,31,32)(H,33,35)(H,34,36)/b26-15-/t19-/m1/s1. The molecule has 2 amide bonds. The number of amides is 2. The van der Waals surface area contributed by atoms with Crippen LogP contribution < -0.4 is 10.6 Å². The molecule has 1 aromatic heterocycles. The highest BCUT2D eigenvalue weighted by Gasteiger charge is 2.22. The first-order valence-corrected chi connectivity index (χ1v) is 12.8. The van der Waals surface area contributed by atoms with Crippen LogP contribution >= 0.6 is 0 Å². The Morgan fingerprint density at radius 2 is 1.76 bits per heavy atom. The van der Waals surface area contributed by atoms with Crippen molar-refractivity contribution < 1.29 is 19.1 Å². The van der Waals surface area contributed by atoms with Gasteiger partial charge in [0.25, 0.3) is 11.8 Å². The third kappa shape index (κ3) is 5.69. The molecule has 0 spiro atoms. The number of benzene rings is 2.